The Morgan fingerprint density at radius 1 is 0.238 bits per heavy atom. The minimum atomic E-state index is -1.11. The van der Waals surface area contributed by atoms with Crippen LogP contribution in [0.25, 0.3) is 0 Å². The highest BCUT2D eigenvalue weighted by Gasteiger charge is 2.56. The van der Waals surface area contributed by atoms with Crippen molar-refractivity contribution in [3.05, 3.63) is 168 Å². The third-order valence-electron chi connectivity index (χ3n) is 14.8. The molecular formula is C66H92O16P2. The fourth-order valence-corrected chi connectivity index (χ4v) is 19.5. The number of benzene rings is 5. The van der Waals surface area contributed by atoms with Crippen molar-refractivity contribution in [3.8, 4) is 0 Å². The van der Waals surface area contributed by atoms with Crippen LogP contribution in [0.3, 0.4) is 0 Å². The Morgan fingerprint density at radius 2 is 0.429 bits per heavy atom. The molecule has 0 bridgehead atoms. The van der Waals surface area contributed by atoms with Gasteiger partial charge in [0.05, 0.1) is 183 Å². The molecule has 7 rings (SSSR count). The van der Waals surface area contributed by atoms with Crippen LogP contribution in [0, 0.1) is 0 Å². The molecule has 2 saturated heterocycles. The molecule has 4 N–H and O–H groups in total. The summed E-state index contributed by atoms with van der Waals surface area (Å²) >= 11 is 0. The van der Waals surface area contributed by atoms with Crippen LogP contribution < -0.4 is 10.6 Å². The van der Waals surface area contributed by atoms with Gasteiger partial charge in [-0.3, -0.25) is 0 Å². The van der Waals surface area contributed by atoms with Crippen molar-refractivity contribution in [1.82, 2.24) is 0 Å². The summed E-state index contributed by atoms with van der Waals surface area (Å²) < 4.78 is 75.4. The second kappa shape index (κ2) is 41.5. The molecular weight excluding hydrogens is 1110 g/mol. The Balaban J connectivity index is 1.34. The van der Waals surface area contributed by atoms with Crippen LogP contribution in [0.15, 0.2) is 146 Å². The zero-order chi connectivity index (χ0) is 58.5. The molecule has 5 aromatic rings. The molecule has 0 spiro atoms. The number of rotatable bonds is 46. The van der Waals surface area contributed by atoms with Gasteiger partial charge in [0.1, 0.15) is 0 Å². The predicted molar refractivity (Wildman–Crippen MR) is 329 cm³/mol. The summed E-state index contributed by atoms with van der Waals surface area (Å²) in [6, 6.07) is 52.4. The van der Waals surface area contributed by atoms with Gasteiger partial charge in [-0.1, -0.05) is 161 Å². The van der Waals surface area contributed by atoms with Crippen molar-refractivity contribution < 1.29 is 77.3 Å². The van der Waals surface area contributed by atoms with Gasteiger partial charge < -0.3 is 77.3 Å². The van der Waals surface area contributed by atoms with E-state index in [4.69, 9.17) is 56.8 Å². The van der Waals surface area contributed by atoms with E-state index in [9.17, 15) is 20.4 Å². The molecule has 2 aliphatic heterocycles. The van der Waals surface area contributed by atoms with Crippen LogP contribution in [0.2, 0.25) is 0 Å². The summed E-state index contributed by atoms with van der Waals surface area (Å²) in [5, 5.41) is 39.8. The standard InChI is InChI=1S/C66H92O16P2/c67-25-29-71-33-37-75-41-45-79-63-59(49-53-15-5-1-6-16-53)83(60(50-54-17-7-2-8-18-54)64(63)80-46-42-76-38-34-72-30-26-68)57-23-13-14-24-58(57)84-61(51-55-19-9-3-10-20-55)65(81-47-43-77-39-35-73-31-27-69)66(62(84)52-56-21-11-4-12-22-56)82-48-44-78-40-36-74-32-28-70/h1-24,59-70H,25-52H2/t59-,60-,61-,62-,63+,64+,65+,66+/m0/s1. The van der Waals surface area contributed by atoms with Crippen molar-refractivity contribution in [1.29, 1.82) is 0 Å². The van der Waals surface area contributed by atoms with Gasteiger partial charge in [-0.15, -0.1) is 0 Å². The van der Waals surface area contributed by atoms with E-state index in [1.54, 1.807) is 0 Å². The normalized spacial score (nSPS) is 22.3. The molecule has 0 amide bonds. The maximum absolute atomic E-state index is 9.28. The van der Waals surface area contributed by atoms with E-state index in [0.29, 0.717) is 106 Å². The van der Waals surface area contributed by atoms with Gasteiger partial charge in [-0.25, -0.2) is 0 Å². The van der Waals surface area contributed by atoms with Crippen LogP contribution >= 0.6 is 15.8 Å². The van der Waals surface area contributed by atoms with Gasteiger partial charge >= 0.3 is 0 Å². The van der Waals surface area contributed by atoms with E-state index in [0.717, 1.165) is 25.7 Å². The molecule has 0 aromatic heterocycles. The average molecular weight is 1200 g/mol. The summed E-state index contributed by atoms with van der Waals surface area (Å²) in [6.45, 7) is 6.72. The van der Waals surface area contributed by atoms with Gasteiger partial charge in [0.25, 0.3) is 0 Å². The van der Waals surface area contributed by atoms with Crippen molar-refractivity contribution in [2.24, 2.45) is 0 Å². The molecule has 18 heteroatoms. The molecule has 0 saturated carbocycles. The van der Waals surface area contributed by atoms with Crippen LogP contribution in [-0.2, 0) is 82.5 Å². The van der Waals surface area contributed by atoms with E-state index >= 15 is 0 Å². The molecule has 0 aliphatic carbocycles. The fourth-order valence-electron chi connectivity index (χ4n) is 11.2. The lowest BCUT2D eigenvalue weighted by atomic mass is 9.98. The summed E-state index contributed by atoms with van der Waals surface area (Å²) in [6.07, 6.45) is 1.74. The molecule has 16 nitrogen and oxygen atoms in total. The molecule has 2 aliphatic rings. The fraction of sp³-hybridized carbons (Fsp3) is 0.545. The third-order valence-corrected chi connectivity index (χ3v) is 21.6. The first-order chi connectivity index (χ1) is 41.6. The molecule has 0 radical (unpaired) electrons. The second-order valence-electron chi connectivity index (χ2n) is 20.5. The largest absolute Gasteiger partial charge is 0.394 e. The number of aliphatic hydroxyl groups is 4. The number of ether oxygens (including phenoxy) is 12. The Kier molecular flexibility index (Phi) is 33.5. The lowest BCUT2D eigenvalue weighted by Gasteiger charge is -2.35. The zero-order valence-corrected chi connectivity index (χ0v) is 50.6. The lowest BCUT2D eigenvalue weighted by Crippen LogP contribution is -2.40. The number of hydrogen-bond acceptors (Lipinski definition) is 16. The Hall–Kier alpha value is -3.68. The Bertz CT molecular complexity index is 2090. The SMILES string of the molecule is OCCOCCOCCO[C@H]1[C@H](OCCOCCOCCO)[C@H](Cc2ccccc2)P(c2ccccc2P2[C@@H](Cc3ccccc3)[C@@H](OCCOCCOCCO)[C@H](OCCOCCOCCO)[C@@H]2Cc2ccccc2)[C@H]1Cc1ccccc1. The molecule has 0 unspecified atom stereocenters. The summed E-state index contributed by atoms with van der Waals surface area (Å²) in [5.74, 6) is 0. The first kappa shape index (κ1) is 67.8. The van der Waals surface area contributed by atoms with E-state index in [1.807, 2.05) is 0 Å². The molecule has 2 fully saturated rings. The molecule has 462 valence electrons. The molecule has 8 atom stereocenters. The van der Waals surface area contributed by atoms with E-state index in [-0.39, 0.29) is 99.9 Å². The lowest BCUT2D eigenvalue weighted by molar-refractivity contribution is -0.0909. The topological polar surface area (TPSA) is 192 Å². The smallest absolute Gasteiger partial charge is 0.0917 e. The van der Waals surface area contributed by atoms with Crippen molar-refractivity contribution in [3.63, 3.8) is 0 Å². The molecule has 2 heterocycles. The molecule has 84 heavy (non-hydrogen) atoms. The van der Waals surface area contributed by atoms with Crippen LogP contribution in [0.5, 0.6) is 0 Å². The maximum Gasteiger partial charge on any atom is 0.0917 e. The first-order valence-electron chi connectivity index (χ1n) is 30.0. The highest BCUT2D eigenvalue weighted by molar-refractivity contribution is 7.73. The predicted octanol–water partition coefficient (Wildman–Crippen LogP) is 6.02. The highest BCUT2D eigenvalue weighted by atomic mass is 31.1. The highest BCUT2D eigenvalue weighted by Crippen LogP contribution is 2.63. The second-order valence-corrected chi connectivity index (χ2v) is 25.7. The maximum atomic E-state index is 9.28. The van der Waals surface area contributed by atoms with Gasteiger partial charge in [0.15, 0.2) is 0 Å². The number of hydrogen-bond donors (Lipinski definition) is 4. The summed E-state index contributed by atoms with van der Waals surface area (Å²) in [4.78, 5) is 0. The zero-order valence-electron chi connectivity index (χ0n) is 48.9. The van der Waals surface area contributed by atoms with Crippen LogP contribution in [0.1, 0.15) is 22.3 Å². The summed E-state index contributed by atoms with van der Waals surface area (Å²) in [7, 11) is -2.22. The van der Waals surface area contributed by atoms with E-state index in [2.05, 4.69) is 146 Å². The van der Waals surface area contributed by atoms with Crippen molar-refractivity contribution in [2.75, 3.05) is 159 Å². The minimum Gasteiger partial charge on any atom is -0.394 e. The minimum absolute atomic E-state index is 0.0109. The van der Waals surface area contributed by atoms with E-state index in [1.165, 1.54) is 32.9 Å². The van der Waals surface area contributed by atoms with Gasteiger partial charge in [0.2, 0.25) is 0 Å². The van der Waals surface area contributed by atoms with Gasteiger partial charge in [-0.2, -0.15) is 0 Å². The van der Waals surface area contributed by atoms with Gasteiger partial charge in [0, 0.05) is 22.6 Å². The van der Waals surface area contributed by atoms with Crippen LogP contribution in [0.4, 0.5) is 0 Å². The van der Waals surface area contributed by atoms with E-state index < -0.39 is 15.8 Å². The average Bonchev–Trinajstić information content (AvgIpc) is 2.42. The monoisotopic (exact) mass is 1200 g/mol. The third kappa shape index (κ3) is 22.8. The Morgan fingerprint density at radius 3 is 0.643 bits per heavy atom. The van der Waals surface area contributed by atoms with Crippen molar-refractivity contribution in [2.45, 2.75) is 72.7 Å². The van der Waals surface area contributed by atoms with Crippen LogP contribution in [-0.4, -0.2) is 226 Å². The molecule has 5 aromatic carbocycles. The first-order valence-corrected chi connectivity index (χ1v) is 32.9. The van der Waals surface area contributed by atoms with Gasteiger partial charge in [-0.05, 0) is 58.5 Å². The summed E-state index contributed by atoms with van der Waals surface area (Å²) in [5.41, 5.74) is 4.95. The van der Waals surface area contributed by atoms with Crippen molar-refractivity contribution >= 4 is 26.5 Å². The quantitative estimate of drug-likeness (QED) is 0.0261. The Labute approximate surface area is 500 Å². The number of aliphatic hydroxyl groups excluding tert-OH is 4.